The fraction of sp³-hybridized carbons (Fsp3) is 0.102. The molecule has 3 aliphatic carbocycles. The average Bonchev–Trinajstić information content (AvgIpc) is 3.67. The molecule has 8 aromatic rings. The van der Waals surface area contributed by atoms with Crippen molar-refractivity contribution >= 4 is 43.7 Å². The first-order chi connectivity index (χ1) is 30.3. The van der Waals surface area contributed by atoms with Gasteiger partial charge >= 0.3 is 0 Å². The number of aromatic nitrogens is 1. The molecular formula is C59H44N2. The highest BCUT2D eigenvalue weighted by Gasteiger charge is 2.40. The predicted octanol–water partition coefficient (Wildman–Crippen LogP) is 15.3. The average molecular weight is 781 g/mol. The molecule has 0 N–H and O–H groups in total. The number of pyridine rings is 1. The van der Waals surface area contributed by atoms with Crippen molar-refractivity contribution in [3.63, 3.8) is 0 Å². The van der Waals surface area contributed by atoms with Crippen LogP contribution in [-0.2, 0) is 0 Å². The number of nitrogens with zero attached hydrogens (tertiary/aromatic N) is 2. The van der Waals surface area contributed by atoms with Gasteiger partial charge in [0.25, 0.3) is 0 Å². The number of fused-ring (bicyclic) bond motifs is 6. The molecule has 1 aromatic heterocycles. The summed E-state index contributed by atoms with van der Waals surface area (Å²) in [6.07, 6.45) is 24.6. The molecule has 2 nitrogen and oxygen atoms in total. The van der Waals surface area contributed by atoms with Crippen molar-refractivity contribution in [3.05, 3.63) is 234 Å². The summed E-state index contributed by atoms with van der Waals surface area (Å²) in [4.78, 5) is 7.50. The standard InChI is InChI=1S/C59H44N2/c1-3-17-39(18-4-1)41-32-34-52(58-50-28-13-11-26-48(50)57(49-27-12-14-29-51(49)58)47-30-15-20-40-19-7-8-23-44(40)47)54(37-41)46-25-10-9-24-45(46)42-33-35-56-55(38-42)53-31-16-36-60-59(53)61(56)43-21-5-2-6-22-43/h1-8,10-21,23,25-37,43,55H,9,22,24,38H2. The molecule has 12 rings (SSSR count). The summed E-state index contributed by atoms with van der Waals surface area (Å²) in [6.45, 7) is 0. The Balaban J connectivity index is 1.09. The summed E-state index contributed by atoms with van der Waals surface area (Å²) in [5, 5.41) is 7.61. The van der Waals surface area contributed by atoms with Crippen molar-refractivity contribution < 1.29 is 0 Å². The Morgan fingerprint density at radius 3 is 2.05 bits per heavy atom. The Labute approximate surface area is 357 Å². The molecule has 0 bridgehead atoms. The highest BCUT2D eigenvalue weighted by molar-refractivity contribution is 6.24. The highest BCUT2D eigenvalue weighted by atomic mass is 15.2. The van der Waals surface area contributed by atoms with Gasteiger partial charge in [-0.3, -0.25) is 0 Å². The molecule has 0 radical (unpaired) electrons. The number of anilines is 1. The third-order valence-corrected chi connectivity index (χ3v) is 13.5. The molecule has 0 spiro atoms. The molecule has 4 aliphatic rings. The Bertz CT molecular complexity index is 3200. The van der Waals surface area contributed by atoms with Gasteiger partial charge in [-0.05, 0) is 132 Å². The maximum Gasteiger partial charge on any atom is 0.137 e. The highest BCUT2D eigenvalue weighted by Crippen LogP contribution is 2.52. The lowest BCUT2D eigenvalue weighted by atomic mass is 9.77. The summed E-state index contributed by atoms with van der Waals surface area (Å²) in [5.41, 5.74) is 15.8. The van der Waals surface area contributed by atoms with Crippen LogP contribution < -0.4 is 4.90 Å². The van der Waals surface area contributed by atoms with Gasteiger partial charge in [0.1, 0.15) is 5.82 Å². The number of allylic oxidation sites excluding steroid dienone is 10. The molecule has 0 saturated heterocycles. The lowest BCUT2D eigenvalue weighted by molar-refractivity contribution is 0.703. The van der Waals surface area contributed by atoms with Gasteiger partial charge in [-0.15, -0.1) is 0 Å². The van der Waals surface area contributed by atoms with E-state index in [1.54, 1.807) is 0 Å². The first kappa shape index (κ1) is 35.6. The van der Waals surface area contributed by atoms with Gasteiger partial charge in [-0.25, -0.2) is 4.98 Å². The van der Waals surface area contributed by atoms with Crippen LogP contribution >= 0.6 is 0 Å². The van der Waals surface area contributed by atoms with Crippen LogP contribution in [0.5, 0.6) is 0 Å². The zero-order valence-corrected chi connectivity index (χ0v) is 34.0. The fourth-order valence-electron chi connectivity index (χ4n) is 10.7. The SMILES string of the molecule is C1=CCC(N2C3=CC=C(C4=C(c5cc(-c6ccccc6)ccc5-c5c6ccccc6c(-c6cccc7ccccc67)c6ccccc56)C=CCC4)CC3c3cccnc32)C=C1. The Kier molecular flexibility index (Phi) is 8.62. The number of hydrogen-bond donors (Lipinski definition) is 0. The van der Waals surface area contributed by atoms with Crippen molar-refractivity contribution in [1.29, 1.82) is 0 Å². The van der Waals surface area contributed by atoms with E-state index in [4.69, 9.17) is 4.98 Å². The lowest BCUT2D eigenvalue weighted by Gasteiger charge is -2.32. The van der Waals surface area contributed by atoms with Gasteiger partial charge in [-0.1, -0.05) is 182 Å². The summed E-state index contributed by atoms with van der Waals surface area (Å²) >= 11 is 0. The van der Waals surface area contributed by atoms with Crippen LogP contribution in [0.4, 0.5) is 5.82 Å². The second-order valence-corrected chi connectivity index (χ2v) is 16.8. The summed E-state index contributed by atoms with van der Waals surface area (Å²) in [5.74, 6) is 1.38. The molecular weight excluding hydrogens is 737 g/mol. The molecule has 0 fully saturated rings. The van der Waals surface area contributed by atoms with E-state index in [0.717, 1.165) is 31.5 Å². The van der Waals surface area contributed by atoms with Crippen molar-refractivity contribution in [3.8, 4) is 33.4 Å². The summed E-state index contributed by atoms with van der Waals surface area (Å²) in [7, 11) is 0. The van der Waals surface area contributed by atoms with Gasteiger partial charge in [0.2, 0.25) is 0 Å². The van der Waals surface area contributed by atoms with Crippen molar-refractivity contribution in [2.75, 3.05) is 4.90 Å². The van der Waals surface area contributed by atoms with Gasteiger partial charge < -0.3 is 4.90 Å². The monoisotopic (exact) mass is 780 g/mol. The largest absolute Gasteiger partial charge is 0.322 e. The fourth-order valence-corrected chi connectivity index (χ4v) is 10.7. The molecule has 1 aliphatic heterocycles. The minimum atomic E-state index is 0.271. The third-order valence-electron chi connectivity index (χ3n) is 13.5. The van der Waals surface area contributed by atoms with E-state index in [2.05, 4.69) is 205 Å². The number of hydrogen-bond acceptors (Lipinski definition) is 2. The number of rotatable bonds is 6. The van der Waals surface area contributed by atoms with Crippen LogP contribution in [0.25, 0.3) is 71.3 Å². The first-order valence-corrected chi connectivity index (χ1v) is 21.8. The van der Waals surface area contributed by atoms with Crippen LogP contribution in [0, 0.1) is 0 Å². The van der Waals surface area contributed by atoms with Crippen LogP contribution in [-0.4, -0.2) is 11.0 Å². The van der Waals surface area contributed by atoms with Gasteiger partial charge in [0.05, 0.1) is 6.04 Å². The van der Waals surface area contributed by atoms with E-state index in [0.29, 0.717) is 0 Å². The zero-order chi connectivity index (χ0) is 40.3. The molecule has 0 amide bonds. The van der Waals surface area contributed by atoms with Gasteiger partial charge in [0.15, 0.2) is 0 Å². The van der Waals surface area contributed by atoms with Gasteiger partial charge in [0, 0.05) is 23.4 Å². The van der Waals surface area contributed by atoms with E-state index in [9.17, 15) is 0 Å². The van der Waals surface area contributed by atoms with Crippen molar-refractivity contribution in [2.45, 2.75) is 37.6 Å². The smallest absolute Gasteiger partial charge is 0.137 e. The Hall–Kier alpha value is -7.29. The molecule has 2 heterocycles. The van der Waals surface area contributed by atoms with E-state index >= 15 is 0 Å². The topological polar surface area (TPSA) is 16.1 Å². The molecule has 7 aromatic carbocycles. The maximum atomic E-state index is 4.99. The Morgan fingerprint density at radius 2 is 1.28 bits per heavy atom. The number of benzene rings is 7. The maximum absolute atomic E-state index is 4.99. The molecule has 2 unspecified atom stereocenters. The molecule has 2 atom stereocenters. The van der Waals surface area contributed by atoms with Crippen molar-refractivity contribution in [1.82, 2.24) is 4.98 Å². The Morgan fingerprint density at radius 1 is 0.557 bits per heavy atom. The second kappa shape index (κ2) is 14.8. The lowest BCUT2D eigenvalue weighted by Crippen LogP contribution is -2.32. The third kappa shape index (κ3) is 5.89. The normalized spacial score (nSPS) is 18.1. The molecule has 2 heteroatoms. The summed E-state index contributed by atoms with van der Waals surface area (Å²) in [6, 6.07) is 56.5. The van der Waals surface area contributed by atoms with Crippen LogP contribution in [0.3, 0.4) is 0 Å². The van der Waals surface area contributed by atoms with E-state index in [1.165, 1.54) is 99.2 Å². The quantitative estimate of drug-likeness (QED) is 0.156. The van der Waals surface area contributed by atoms with E-state index < -0.39 is 0 Å². The van der Waals surface area contributed by atoms with Crippen molar-refractivity contribution in [2.24, 2.45) is 0 Å². The van der Waals surface area contributed by atoms with Crippen LogP contribution in [0.1, 0.15) is 42.7 Å². The minimum absolute atomic E-state index is 0.271. The predicted molar refractivity (Wildman–Crippen MR) is 257 cm³/mol. The summed E-state index contributed by atoms with van der Waals surface area (Å²) < 4.78 is 0. The molecule has 61 heavy (non-hydrogen) atoms. The second-order valence-electron chi connectivity index (χ2n) is 16.8. The van der Waals surface area contributed by atoms with Crippen LogP contribution in [0.2, 0.25) is 0 Å². The molecule has 290 valence electrons. The minimum Gasteiger partial charge on any atom is -0.322 e. The van der Waals surface area contributed by atoms with E-state index in [-0.39, 0.29) is 12.0 Å². The van der Waals surface area contributed by atoms with Crippen LogP contribution in [0.15, 0.2) is 223 Å². The van der Waals surface area contributed by atoms with E-state index in [1.807, 2.05) is 6.20 Å². The van der Waals surface area contributed by atoms with Gasteiger partial charge in [-0.2, -0.15) is 0 Å². The first-order valence-electron chi connectivity index (χ1n) is 21.8. The zero-order valence-electron chi connectivity index (χ0n) is 34.0. The molecule has 0 saturated carbocycles.